The highest BCUT2D eigenvalue weighted by Crippen LogP contribution is 2.27. The second kappa shape index (κ2) is 8.89. The zero-order valence-corrected chi connectivity index (χ0v) is 17.9. The van der Waals surface area contributed by atoms with Gasteiger partial charge in [0.15, 0.2) is 5.58 Å². The van der Waals surface area contributed by atoms with Crippen molar-refractivity contribution in [2.24, 2.45) is 0 Å². The molecule has 1 aromatic carbocycles. The number of hydrogen-bond acceptors (Lipinski definition) is 7. The summed E-state index contributed by atoms with van der Waals surface area (Å²) in [6.07, 6.45) is 5.18. The molecule has 2 heterocycles. The van der Waals surface area contributed by atoms with Crippen LogP contribution in [-0.4, -0.2) is 51.0 Å². The predicted molar refractivity (Wildman–Crippen MR) is 114 cm³/mol. The van der Waals surface area contributed by atoms with Crippen molar-refractivity contribution in [2.45, 2.75) is 44.7 Å². The van der Waals surface area contributed by atoms with E-state index in [1.54, 1.807) is 25.2 Å². The van der Waals surface area contributed by atoms with E-state index in [4.69, 9.17) is 20.8 Å². The number of oxazole rings is 1. The van der Waals surface area contributed by atoms with Gasteiger partial charge in [-0.2, -0.15) is 0 Å². The molecule has 1 aliphatic rings. The Labute approximate surface area is 183 Å². The lowest BCUT2D eigenvalue weighted by Gasteiger charge is -2.23. The van der Waals surface area contributed by atoms with E-state index >= 15 is 0 Å². The number of benzene rings is 1. The van der Waals surface area contributed by atoms with Crippen LogP contribution in [0.1, 0.15) is 32.6 Å². The Kier molecular flexibility index (Phi) is 6.03. The third-order valence-corrected chi connectivity index (χ3v) is 5.57. The lowest BCUT2D eigenvalue weighted by atomic mass is 10.2. The van der Waals surface area contributed by atoms with Crippen LogP contribution in [0.2, 0.25) is 5.02 Å². The number of hydrogen-bond donors (Lipinski definition) is 1. The summed E-state index contributed by atoms with van der Waals surface area (Å²) in [5.74, 6) is 0.366. The monoisotopic (exact) mass is 443 g/mol. The van der Waals surface area contributed by atoms with Crippen LogP contribution in [0, 0.1) is 0 Å². The fraction of sp³-hybridized carbons (Fsp3) is 0.381. The molecule has 4 rings (SSSR count). The Hall–Kier alpha value is -3.20. The number of amides is 2. The molecule has 0 saturated heterocycles. The van der Waals surface area contributed by atoms with Gasteiger partial charge in [0.25, 0.3) is 0 Å². The van der Waals surface area contributed by atoms with Gasteiger partial charge < -0.3 is 19.4 Å². The van der Waals surface area contributed by atoms with Crippen molar-refractivity contribution in [3.05, 3.63) is 35.6 Å². The number of carbonyl (C=O) groups is 2. The number of rotatable bonds is 5. The van der Waals surface area contributed by atoms with Crippen molar-refractivity contribution >= 4 is 34.7 Å². The van der Waals surface area contributed by atoms with E-state index < -0.39 is 6.09 Å². The number of fused-ring (bicyclic) bond motifs is 1. The topological polar surface area (TPSA) is 110 Å². The fourth-order valence-electron chi connectivity index (χ4n) is 3.57. The third kappa shape index (κ3) is 4.77. The third-order valence-electron chi connectivity index (χ3n) is 5.33. The summed E-state index contributed by atoms with van der Waals surface area (Å²) in [6, 6.07) is 5.18. The molecule has 162 valence electrons. The minimum absolute atomic E-state index is 0.0134. The van der Waals surface area contributed by atoms with Gasteiger partial charge >= 0.3 is 12.1 Å². The molecule has 9 nitrogen and oxygen atoms in total. The average molecular weight is 444 g/mol. The van der Waals surface area contributed by atoms with Crippen molar-refractivity contribution < 1.29 is 18.7 Å². The Morgan fingerprint density at radius 3 is 2.81 bits per heavy atom. The number of aromatic nitrogens is 3. The van der Waals surface area contributed by atoms with Crippen LogP contribution in [0.25, 0.3) is 22.6 Å². The van der Waals surface area contributed by atoms with Crippen LogP contribution in [0.15, 0.2) is 35.0 Å². The molecule has 1 aliphatic carbocycles. The van der Waals surface area contributed by atoms with Gasteiger partial charge in [-0.3, -0.25) is 4.79 Å². The standard InChI is InChI=1S/C21H22ClN5O4/c1-3-18(28)25-14-5-6-15(9-14)27(2)21(29)31-20-23-10-12(11-24-20)19-26-16-7-4-13(22)8-17(16)30-19/h4,7-8,10-11,14-15H,3,5-6,9H2,1-2H3,(H,25,28)/t14-,15+/m0/s1. The van der Waals surface area contributed by atoms with Gasteiger partial charge in [0, 0.05) is 49.0 Å². The van der Waals surface area contributed by atoms with Crippen molar-refractivity contribution in [1.82, 2.24) is 25.2 Å². The summed E-state index contributed by atoms with van der Waals surface area (Å²) in [7, 11) is 1.68. The maximum atomic E-state index is 12.5. The maximum absolute atomic E-state index is 12.5. The van der Waals surface area contributed by atoms with Crippen molar-refractivity contribution in [3.63, 3.8) is 0 Å². The van der Waals surface area contributed by atoms with E-state index in [1.807, 2.05) is 6.92 Å². The summed E-state index contributed by atoms with van der Waals surface area (Å²) >= 11 is 5.97. The molecule has 31 heavy (non-hydrogen) atoms. The molecule has 1 fully saturated rings. The van der Waals surface area contributed by atoms with Gasteiger partial charge in [-0.15, -0.1) is 0 Å². The Morgan fingerprint density at radius 1 is 1.29 bits per heavy atom. The first-order valence-electron chi connectivity index (χ1n) is 10.1. The van der Waals surface area contributed by atoms with Gasteiger partial charge in [0.1, 0.15) is 5.52 Å². The van der Waals surface area contributed by atoms with Crippen LogP contribution in [0.3, 0.4) is 0 Å². The molecule has 2 atom stereocenters. The number of nitrogens with zero attached hydrogens (tertiary/aromatic N) is 4. The fourth-order valence-corrected chi connectivity index (χ4v) is 3.73. The minimum atomic E-state index is -0.545. The summed E-state index contributed by atoms with van der Waals surface area (Å²) in [6.45, 7) is 1.82. The molecule has 1 N–H and O–H groups in total. The van der Waals surface area contributed by atoms with Crippen molar-refractivity contribution in [2.75, 3.05) is 7.05 Å². The number of carbonyl (C=O) groups excluding carboxylic acids is 2. The van der Waals surface area contributed by atoms with Crippen molar-refractivity contribution in [1.29, 1.82) is 0 Å². The number of halogens is 1. The smallest absolute Gasteiger partial charge is 0.417 e. The Balaban J connectivity index is 1.37. The van der Waals surface area contributed by atoms with Gasteiger partial charge in [-0.1, -0.05) is 18.5 Å². The largest absolute Gasteiger partial charge is 0.436 e. The van der Waals surface area contributed by atoms with Crippen LogP contribution < -0.4 is 10.1 Å². The van der Waals surface area contributed by atoms with Crippen LogP contribution >= 0.6 is 11.6 Å². The summed E-state index contributed by atoms with van der Waals surface area (Å²) in [5.41, 5.74) is 1.77. The second-order valence-electron chi connectivity index (χ2n) is 7.45. The average Bonchev–Trinajstić information content (AvgIpc) is 3.40. The molecule has 1 saturated carbocycles. The zero-order chi connectivity index (χ0) is 22.0. The first-order valence-corrected chi connectivity index (χ1v) is 10.4. The highest BCUT2D eigenvalue weighted by molar-refractivity contribution is 6.31. The molecule has 2 aromatic heterocycles. The molecular formula is C21H22ClN5O4. The first kappa shape index (κ1) is 21.0. The number of nitrogens with one attached hydrogen (secondary N) is 1. The normalized spacial score (nSPS) is 18.2. The predicted octanol–water partition coefficient (Wildman–Crippen LogP) is 3.82. The molecule has 0 radical (unpaired) electrons. The highest BCUT2D eigenvalue weighted by Gasteiger charge is 2.31. The minimum Gasteiger partial charge on any atom is -0.436 e. The second-order valence-corrected chi connectivity index (χ2v) is 7.89. The van der Waals surface area contributed by atoms with E-state index in [2.05, 4.69) is 20.3 Å². The molecular weight excluding hydrogens is 422 g/mol. The summed E-state index contributed by atoms with van der Waals surface area (Å²) in [4.78, 5) is 38.1. The lowest BCUT2D eigenvalue weighted by Crippen LogP contribution is -2.39. The van der Waals surface area contributed by atoms with E-state index in [0.717, 1.165) is 12.8 Å². The van der Waals surface area contributed by atoms with E-state index in [9.17, 15) is 9.59 Å². The molecule has 0 spiro atoms. The summed E-state index contributed by atoms with van der Waals surface area (Å²) in [5, 5.41) is 3.53. The van der Waals surface area contributed by atoms with Crippen LogP contribution in [-0.2, 0) is 4.79 Å². The molecule has 3 aromatic rings. The Morgan fingerprint density at radius 2 is 2.06 bits per heavy atom. The molecule has 0 bridgehead atoms. The van der Waals surface area contributed by atoms with Gasteiger partial charge in [0.2, 0.25) is 11.8 Å². The van der Waals surface area contributed by atoms with E-state index in [-0.39, 0.29) is 24.0 Å². The molecule has 0 unspecified atom stereocenters. The van der Waals surface area contributed by atoms with Gasteiger partial charge in [-0.05, 0) is 31.4 Å². The van der Waals surface area contributed by atoms with Crippen LogP contribution in [0.4, 0.5) is 4.79 Å². The maximum Gasteiger partial charge on any atom is 0.417 e. The summed E-state index contributed by atoms with van der Waals surface area (Å²) < 4.78 is 11.0. The lowest BCUT2D eigenvalue weighted by molar-refractivity contribution is -0.121. The van der Waals surface area contributed by atoms with E-state index in [0.29, 0.717) is 40.4 Å². The quantitative estimate of drug-likeness (QED) is 0.638. The SMILES string of the molecule is CCC(=O)N[C@H]1CC[C@@H](N(C)C(=O)Oc2ncc(-c3nc4ccc(Cl)cc4o3)cn2)C1. The molecule has 0 aliphatic heterocycles. The van der Waals surface area contributed by atoms with E-state index in [1.165, 1.54) is 17.3 Å². The van der Waals surface area contributed by atoms with Gasteiger partial charge in [-0.25, -0.2) is 19.7 Å². The van der Waals surface area contributed by atoms with Crippen LogP contribution in [0.5, 0.6) is 6.01 Å². The van der Waals surface area contributed by atoms with Crippen molar-refractivity contribution in [3.8, 4) is 17.5 Å². The van der Waals surface area contributed by atoms with Gasteiger partial charge in [0.05, 0.1) is 5.56 Å². The number of ether oxygens (including phenoxy) is 1. The zero-order valence-electron chi connectivity index (χ0n) is 17.2. The first-order chi connectivity index (χ1) is 14.9. The molecule has 2 amide bonds. The highest BCUT2D eigenvalue weighted by atomic mass is 35.5. The Bertz CT molecular complexity index is 1100. The molecule has 10 heteroatoms.